The van der Waals surface area contributed by atoms with Crippen LogP contribution in [0.1, 0.15) is 49.7 Å². The van der Waals surface area contributed by atoms with E-state index in [0.29, 0.717) is 11.8 Å². The van der Waals surface area contributed by atoms with E-state index < -0.39 is 0 Å². The summed E-state index contributed by atoms with van der Waals surface area (Å²) in [6, 6.07) is 14.6. The number of benzene rings is 2. The zero-order valence-corrected chi connectivity index (χ0v) is 16.4. The third kappa shape index (κ3) is 5.95. The Labute approximate surface area is 167 Å². The number of aromatic hydroxyl groups is 2. The van der Waals surface area contributed by atoms with Gasteiger partial charge >= 0.3 is 0 Å². The van der Waals surface area contributed by atoms with E-state index in [1.807, 2.05) is 36.4 Å². The summed E-state index contributed by atoms with van der Waals surface area (Å²) < 4.78 is 0. The molecule has 0 aromatic heterocycles. The number of aliphatic imine (C=N–C) groups is 2. The van der Waals surface area contributed by atoms with Crippen LogP contribution < -0.4 is 0 Å². The van der Waals surface area contributed by atoms with E-state index in [-0.39, 0.29) is 11.5 Å². The molecular weight excluding hydrogens is 348 g/mol. The number of para-hydroxylation sites is 2. The van der Waals surface area contributed by atoms with Crippen molar-refractivity contribution in [2.45, 2.75) is 38.5 Å². The molecule has 1 saturated carbocycles. The van der Waals surface area contributed by atoms with Gasteiger partial charge in [-0.1, -0.05) is 49.9 Å². The second kappa shape index (κ2) is 10.6. The standard InChI is InChI=1S/C24H30N2O2/c27-23-11-5-3-9-21(23)17-25-15-13-19-7-1-2-8-20(19)14-16-26-18-22-10-4-6-12-24(22)28/h3-6,9-12,17-20,27-28H,1-2,7-8,13-16H2/t19-,20-/m1/s1. The molecule has 0 unspecified atom stereocenters. The Balaban J connectivity index is 1.46. The first-order valence-corrected chi connectivity index (χ1v) is 10.3. The number of rotatable bonds is 8. The molecule has 0 radical (unpaired) electrons. The lowest BCUT2D eigenvalue weighted by Gasteiger charge is -2.31. The fraction of sp³-hybridized carbons (Fsp3) is 0.417. The van der Waals surface area contributed by atoms with Crippen LogP contribution in [-0.4, -0.2) is 35.7 Å². The molecular formula is C24H30N2O2. The largest absolute Gasteiger partial charge is 0.507 e. The highest BCUT2D eigenvalue weighted by Crippen LogP contribution is 2.34. The maximum atomic E-state index is 9.80. The topological polar surface area (TPSA) is 65.2 Å². The van der Waals surface area contributed by atoms with Crippen LogP contribution in [0.25, 0.3) is 0 Å². The van der Waals surface area contributed by atoms with Gasteiger partial charge in [-0.25, -0.2) is 0 Å². The number of phenolic OH excluding ortho intramolecular Hbond substituents is 2. The summed E-state index contributed by atoms with van der Waals surface area (Å²) in [5, 5.41) is 19.6. The maximum Gasteiger partial charge on any atom is 0.124 e. The van der Waals surface area contributed by atoms with Gasteiger partial charge in [-0.2, -0.15) is 0 Å². The minimum absolute atomic E-state index is 0.282. The molecule has 148 valence electrons. The molecule has 2 atom stereocenters. The SMILES string of the molecule is Oc1ccccc1C=NCC[C@H]1CCCC[C@@H]1CCN=Cc1ccccc1O. The van der Waals surface area contributed by atoms with Gasteiger partial charge in [0.2, 0.25) is 0 Å². The average molecular weight is 379 g/mol. The van der Waals surface area contributed by atoms with Crippen LogP contribution in [0, 0.1) is 11.8 Å². The molecule has 0 heterocycles. The zero-order valence-electron chi connectivity index (χ0n) is 16.4. The summed E-state index contributed by atoms with van der Waals surface area (Å²) in [5.74, 6) is 1.97. The number of nitrogens with zero attached hydrogens (tertiary/aromatic N) is 2. The van der Waals surface area contributed by atoms with Crippen molar-refractivity contribution in [1.82, 2.24) is 0 Å². The first-order chi connectivity index (χ1) is 13.7. The van der Waals surface area contributed by atoms with E-state index in [1.54, 1.807) is 24.6 Å². The second-order valence-electron chi connectivity index (χ2n) is 7.57. The fourth-order valence-corrected chi connectivity index (χ4v) is 4.04. The van der Waals surface area contributed by atoms with Gasteiger partial charge in [-0.3, -0.25) is 9.98 Å². The number of hydrogen-bond acceptors (Lipinski definition) is 4. The van der Waals surface area contributed by atoms with E-state index in [9.17, 15) is 10.2 Å². The smallest absolute Gasteiger partial charge is 0.124 e. The Morgan fingerprint density at radius 2 is 1.14 bits per heavy atom. The molecule has 1 fully saturated rings. The van der Waals surface area contributed by atoms with Gasteiger partial charge in [0.15, 0.2) is 0 Å². The van der Waals surface area contributed by atoms with Crippen molar-refractivity contribution < 1.29 is 10.2 Å². The van der Waals surface area contributed by atoms with Crippen molar-refractivity contribution in [3.05, 3.63) is 59.7 Å². The van der Waals surface area contributed by atoms with Gasteiger partial charge in [-0.15, -0.1) is 0 Å². The van der Waals surface area contributed by atoms with Crippen molar-refractivity contribution in [2.75, 3.05) is 13.1 Å². The first kappa shape index (κ1) is 20.1. The molecule has 0 amide bonds. The van der Waals surface area contributed by atoms with Crippen LogP contribution in [0.3, 0.4) is 0 Å². The Morgan fingerprint density at radius 1 is 0.714 bits per heavy atom. The quantitative estimate of drug-likeness (QED) is 0.618. The molecule has 0 saturated heterocycles. The summed E-state index contributed by atoms with van der Waals surface area (Å²) in [6.07, 6.45) is 10.9. The van der Waals surface area contributed by atoms with Gasteiger partial charge < -0.3 is 10.2 Å². The second-order valence-corrected chi connectivity index (χ2v) is 7.57. The van der Waals surface area contributed by atoms with Crippen molar-refractivity contribution in [3.8, 4) is 11.5 Å². The third-order valence-corrected chi connectivity index (χ3v) is 5.66. The van der Waals surface area contributed by atoms with Crippen LogP contribution in [0.15, 0.2) is 58.5 Å². The Bertz CT molecular complexity index is 733. The monoisotopic (exact) mass is 378 g/mol. The van der Waals surface area contributed by atoms with Crippen LogP contribution >= 0.6 is 0 Å². The van der Waals surface area contributed by atoms with Crippen LogP contribution in [-0.2, 0) is 0 Å². The van der Waals surface area contributed by atoms with Crippen molar-refractivity contribution in [2.24, 2.45) is 21.8 Å². The fourth-order valence-electron chi connectivity index (χ4n) is 4.04. The summed E-state index contributed by atoms with van der Waals surface area (Å²) in [7, 11) is 0. The molecule has 1 aliphatic carbocycles. The minimum Gasteiger partial charge on any atom is -0.507 e. The highest BCUT2D eigenvalue weighted by atomic mass is 16.3. The summed E-state index contributed by atoms with van der Waals surface area (Å²) in [5.41, 5.74) is 1.56. The molecule has 1 aliphatic rings. The summed E-state index contributed by atoms with van der Waals surface area (Å²) in [4.78, 5) is 9.07. The molecule has 0 aliphatic heterocycles. The first-order valence-electron chi connectivity index (χ1n) is 10.3. The Kier molecular flexibility index (Phi) is 7.65. The minimum atomic E-state index is 0.282. The third-order valence-electron chi connectivity index (χ3n) is 5.66. The van der Waals surface area contributed by atoms with Crippen LogP contribution in [0.5, 0.6) is 11.5 Å². The Hall–Kier alpha value is -2.62. The molecule has 4 heteroatoms. The van der Waals surface area contributed by atoms with E-state index in [1.165, 1.54) is 25.7 Å². The molecule has 2 N–H and O–H groups in total. The normalized spacial score (nSPS) is 20.1. The van der Waals surface area contributed by atoms with Gasteiger partial charge in [0.05, 0.1) is 0 Å². The van der Waals surface area contributed by atoms with Crippen molar-refractivity contribution >= 4 is 12.4 Å². The lowest BCUT2D eigenvalue weighted by atomic mass is 9.76. The van der Waals surface area contributed by atoms with Gasteiger partial charge in [0.25, 0.3) is 0 Å². The zero-order chi connectivity index (χ0) is 19.6. The summed E-state index contributed by atoms with van der Waals surface area (Å²) in [6.45, 7) is 1.60. The van der Waals surface area contributed by atoms with Gasteiger partial charge in [-0.05, 0) is 48.9 Å². The van der Waals surface area contributed by atoms with E-state index in [2.05, 4.69) is 9.98 Å². The highest BCUT2D eigenvalue weighted by molar-refractivity contribution is 5.83. The van der Waals surface area contributed by atoms with Crippen LogP contribution in [0.2, 0.25) is 0 Å². The molecule has 28 heavy (non-hydrogen) atoms. The molecule has 0 bridgehead atoms. The van der Waals surface area contributed by atoms with E-state index >= 15 is 0 Å². The van der Waals surface area contributed by atoms with Gasteiger partial charge in [0.1, 0.15) is 11.5 Å². The molecule has 3 rings (SSSR count). The van der Waals surface area contributed by atoms with Gasteiger partial charge in [0, 0.05) is 36.6 Å². The van der Waals surface area contributed by atoms with Crippen LogP contribution in [0.4, 0.5) is 0 Å². The molecule has 4 nitrogen and oxygen atoms in total. The van der Waals surface area contributed by atoms with Crippen molar-refractivity contribution in [1.29, 1.82) is 0 Å². The average Bonchev–Trinajstić information content (AvgIpc) is 2.72. The van der Waals surface area contributed by atoms with E-state index in [0.717, 1.165) is 37.1 Å². The number of hydrogen-bond donors (Lipinski definition) is 2. The lowest BCUT2D eigenvalue weighted by molar-refractivity contribution is 0.217. The highest BCUT2D eigenvalue weighted by Gasteiger charge is 2.24. The lowest BCUT2D eigenvalue weighted by Crippen LogP contribution is -2.21. The van der Waals surface area contributed by atoms with E-state index in [4.69, 9.17) is 0 Å². The maximum absolute atomic E-state index is 9.80. The Morgan fingerprint density at radius 3 is 1.57 bits per heavy atom. The predicted octanol–water partition coefficient (Wildman–Crippen LogP) is 5.22. The molecule has 2 aromatic rings. The van der Waals surface area contributed by atoms with Crippen molar-refractivity contribution in [3.63, 3.8) is 0 Å². The number of phenols is 2. The predicted molar refractivity (Wildman–Crippen MR) is 116 cm³/mol. The molecule has 0 spiro atoms. The summed E-state index contributed by atoms with van der Waals surface area (Å²) >= 11 is 0. The molecule has 2 aromatic carbocycles.